The molecule has 0 unspecified atom stereocenters. The maximum atomic E-state index is 11.7. The van der Waals surface area contributed by atoms with Crippen LogP contribution in [0.2, 0.25) is 15.1 Å². The molecular formula is C16H13Cl3N2OS. The van der Waals surface area contributed by atoms with Crippen molar-refractivity contribution in [1.29, 1.82) is 0 Å². The molecule has 0 fully saturated rings. The van der Waals surface area contributed by atoms with E-state index in [9.17, 15) is 4.79 Å². The number of carbonyl (C=O) groups excluding carboxylic acids is 1. The first-order valence-corrected chi connectivity index (χ1v) is 8.93. The van der Waals surface area contributed by atoms with E-state index < -0.39 is 0 Å². The largest absolute Gasteiger partial charge is 0.272 e. The lowest BCUT2D eigenvalue weighted by Crippen LogP contribution is -2.19. The van der Waals surface area contributed by atoms with Crippen molar-refractivity contribution in [1.82, 2.24) is 5.43 Å². The number of rotatable bonds is 6. The molecule has 3 nitrogen and oxygen atoms in total. The Bertz CT molecular complexity index is 685. The number of carbonyl (C=O) groups is 1. The average molecular weight is 388 g/mol. The highest BCUT2D eigenvalue weighted by atomic mass is 35.5. The van der Waals surface area contributed by atoms with Crippen LogP contribution in [0.5, 0.6) is 0 Å². The third-order valence-corrected chi connectivity index (χ3v) is 4.73. The summed E-state index contributed by atoms with van der Waals surface area (Å²) in [6, 6.07) is 12.5. The lowest BCUT2D eigenvalue weighted by atomic mass is 10.2. The van der Waals surface area contributed by atoms with Crippen molar-refractivity contribution in [3.05, 3.63) is 68.7 Å². The van der Waals surface area contributed by atoms with E-state index in [1.54, 1.807) is 36.5 Å². The fourth-order valence-corrected chi connectivity index (χ4v) is 3.36. The number of halogens is 3. The molecular weight excluding hydrogens is 375 g/mol. The summed E-state index contributed by atoms with van der Waals surface area (Å²) in [5.41, 5.74) is 4.16. The Morgan fingerprint density at radius 3 is 2.39 bits per heavy atom. The first kappa shape index (κ1) is 18.1. The van der Waals surface area contributed by atoms with E-state index >= 15 is 0 Å². The fourth-order valence-electron chi connectivity index (χ4n) is 1.68. The number of nitrogens with zero attached hydrogens (tertiary/aromatic N) is 1. The third kappa shape index (κ3) is 6.07. The maximum absolute atomic E-state index is 11.7. The van der Waals surface area contributed by atoms with Gasteiger partial charge in [0.1, 0.15) is 0 Å². The molecule has 0 saturated carbocycles. The summed E-state index contributed by atoms with van der Waals surface area (Å²) in [4.78, 5) is 11.7. The Balaban J connectivity index is 1.76. The molecule has 120 valence electrons. The number of hydrazone groups is 1. The molecule has 1 amide bonds. The zero-order chi connectivity index (χ0) is 16.7. The zero-order valence-corrected chi connectivity index (χ0v) is 15.0. The average Bonchev–Trinajstić information content (AvgIpc) is 2.52. The van der Waals surface area contributed by atoms with E-state index in [-0.39, 0.29) is 11.7 Å². The molecule has 23 heavy (non-hydrogen) atoms. The minimum atomic E-state index is -0.191. The highest BCUT2D eigenvalue weighted by molar-refractivity contribution is 7.99. The van der Waals surface area contributed by atoms with E-state index in [1.165, 1.54) is 11.8 Å². The van der Waals surface area contributed by atoms with Gasteiger partial charge in [0.2, 0.25) is 5.91 Å². The second-order valence-electron chi connectivity index (χ2n) is 4.54. The highest BCUT2D eigenvalue weighted by Crippen LogP contribution is 2.28. The maximum Gasteiger partial charge on any atom is 0.250 e. The van der Waals surface area contributed by atoms with Gasteiger partial charge in [-0.1, -0.05) is 53.0 Å². The van der Waals surface area contributed by atoms with Crippen LogP contribution in [0, 0.1) is 0 Å². The summed E-state index contributed by atoms with van der Waals surface area (Å²) in [6.45, 7) is 0. The summed E-state index contributed by atoms with van der Waals surface area (Å²) >= 11 is 19.4. The van der Waals surface area contributed by atoms with E-state index in [2.05, 4.69) is 10.5 Å². The molecule has 2 aromatic carbocycles. The topological polar surface area (TPSA) is 41.5 Å². The molecule has 0 saturated heterocycles. The number of amides is 1. The van der Waals surface area contributed by atoms with Gasteiger partial charge < -0.3 is 0 Å². The number of nitrogens with one attached hydrogen (secondary N) is 1. The second-order valence-corrected chi connectivity index (χ2v) is 6.77. The van der Waals surface area contributed by atoms with Gasteiger partial charge in [0.15, 0.2) is 0 Å². The molecule has 0 aliphatic heterocycles. The van der Waals surface area contributed by atoms with Gasteiger partial charge in [-0.25, -0.2) is 5.43 Å². The molecule has 2 aromatic rings. The van der Waals surface area contributed by atoms with Crippen LogP contribution in [0.15, 0.2) is 47.6 Å². The van der Waals surface area contributed by atoms with Crippen LogP contribution in [0.1, 0.15) is 11.1 Å². The van der Waals surface area contributed by atoms with Crippen molar-refractivity contribution in [3.8, 4) is 0 Å². The van der Waals surface area contributed by atoms with Crippen LogP contribution < -0.4 is 5.43 Å². The van der Waals surface area contributed by atoms with Gasteiger partial charge in [-0.05, 0) is 35.4 Å². The van der Waals surface area contributed by atoms with E-state index in [1.807, 2.05) is 12.1 Å². The van der Waals surface area contributed by atoms with Gasteiger partial charge in [0.25, 0.3) is 0 Å². The molecule has 2 rings (SSSR count). The van der Waals surface area contributed by atoms with Crippen LogP contribution in [0.25, 0.3) is 0 Å². The standard InChI is InChI=1S/C16H13Cl3N2OS/c17-12-6-4-11(5-7-12)8-20-21-16(22)10-23-9-13-14(18)2-1-3-15(13)19/h1-8H,9-10H2,(H,21,22)/b20-8-. The predicted octanol–water partition coefficient (Wildman–Crippen LogP) is 5.03. The molecule has 0 aliphatic rings. The van der Waals surface area contributed by atoms with Crippen molar-refractivity contribution in [2.24, 2.45) is 5.10 Å². The van der Waals surface area contributed by atoms with E-state index in [0.717, 1.165) is 11.1 Å². The summed E-state index contributed by atoms with van der Waals surface area (Å²) < 4.78 is 0. The van der Waals surface area contributed by atoms with Crippen LogP contribution >= 0.6 is 46.6 Å². The van der Waals surface area contributed by atoms with Crippen LogP contribution in [-0.2, 0) is 10.5 Å². The molecule has 0 aromatic heterocycles. The SMILES string of the molecule is O=C(CSCc1c(Cl)cccc1Cl)N/N=C\c1ccc(Cl)cc1. The summed E-state index contributed by atoms with van der Waals surface area (Å²) in [6.07, 6.45) is 1.56. The molecule has 0 atom stereocenters. The quantitative estimate of drug-likeness (QED) is 0.558. The zero-order valence-electron chi connectivity index (χ0n) is 11.9. The Morgan fingerprint density at radius 1 is 1.09 bits per heavy atom. The smallest absolute Gasteiger partial charge is 0.250 e. The van der Waals surface area contributed by atoms with Gasteiger partial charge in [-0.15, -0.1) is 11.8 Å². The molecule has 0 aliphatic carbocycles. The van der Waals surface area contributed by atoms with Gasteiger partial charge in [-0.3, -0.25) is 4.79 Å². The molecule has 0 heterocycles. The first-order chi connectivity index (χ1) is 11.1. The van der Waals surface area contributed by atoms with Gasteiger partial charge in [0.05, 0.1) is 12.0 Å². The van der Waals surface area contributed by atoms with Crippen molar-refractivity contribution in [3.63, 3.8) is 0 Å². The fraction of sp³-hybridized carbons (Fsp3) is 0.125. The minimum Gasteiger partial charge on any atom is -0.272 e. The van der Waals surface area contributed by atoms with Crippen LogP contribution in [0.3, 0.4) is 0 Å². The normalized spacial score (nSPS) is 10.9. The Kier molecular flexibility index (Phi) is 7.24. The molecule has 0 bridgehead atoms. The summed E-state index contributed by atoms with van der Waals surface area (Å²) in [7, 11) is 0. The van der Waals surface area contributed by atoms with Crippen molar-refractivity contribution < 1.29 is 4.79 Å². The van der Waals surface area contributed by atoms with Gasteiger partial charge >= 0.3 is 0 Å². The van der Waals surface area contributed by atoms with Crippen LogP contribution in [0.4, 0.5) is 0 Å². The highest BCUT2D eigenvalue weighted by Gasteiger charge is 2.07. The van der Waals surface area contributed by atoms with E-state index in [0.29, 0.717) is 20.8 Å². The molecule has 7 heteroatoms. The first-order valence-electron chi connectivity index (χ1n) is 6.64. The Labute approximate surface area is 154 Å². The number of hydrogen-bond donors (Lipinski definition) is 1. The Morgan fingerprint density at radius 2 is 1.74 bits per heavy atom. The Hall–Kier alpha value is -1.20. The lowest BCUT2D eigenvalue weighted by Gasteiger charge is -2.06. The molecule has 1 N–H and O–H groups in total. The minimum absolute atomic E-state index is 0.191. The molecule has 0 spiro atoms. The predicted molar refractivity (Wildman–Crippen MR) is 99.8 cm³/mol. The number of benzene rings is 2. The second kappa shape index (κ2) is 9.18. The van der Waals surface area contributed by atoms with Crippen LogP contribution in [-0.4, -0.2) is 17.9 Å². The number of hydrogen-bond acceptors (Lipinski definition) is 3. The van der Waals surface area contributed by atoms with E-state index in [4.69, 9.17) is 34.8 Å². The molecule has 0 radical (unpaired) electrons. The van der Waals surface area contributed by atoms with Gasteiger partial charge in [-0.2, -0.15) is 5.10 Å². The summed E-state index contributed by atoms with van der Waals surface area (Å²) in [5.74, 6) is 0.634. The van der Waals surface area contributed by atoms with Crippen molar-refractivity contribution in [2.75, 3.05) is 5.75 Å². The van der Waals surface area contributed by atoms with Gasteiger partial charge in [0, 0.05) is 20.8 Å². The monoisotopic (exact) mass is 386 g/mol. The summed E-state index contributed by atoms with van der Waals surface area (Å²) in [5, 5.41) is 5.76. The van der Waals surface area contributed by atoms with Crippen molar-refractivity contribution >= 4 is 58.7 Å². The third-order valence-electron chi connectivity index (χ3n) is 2.81. The lowest BCUT2D eigenvalue weighted by molar-refractivity contribution is -0.118. The number of thioether (sulfide) groups is 1. The van der Waals surface area contributed by atoms with Crippen molar-refractivity contribution in [2.45, 2.75) is 5.75 Å².